The number of nitrogens with one attached hydrogen (secondary N) is 1. The zero-order chi connectivity index (χ0) is 16.6. The van der Waals surface area contributed by atoms with Gasteiger partial charge in [0.05, 0.1) is 5.56 Å². The molecule has 2 aromatic carbocycles. The molecule has 1 aromatic heterocycles. The van der Waals surface area contributed by atoms with Gasteiger partial charge in [0, 0.05) is 33.6 Å². The minimum absolute atomic E-state index is 0.0213. The number of aryl methyl sites for hydroxylation is 1. The maximum Gasteiger partial charge on any atom is 0.336 e. The van der Waals surface area contributed by atoms with Gasteiger partial charge in [0.15, 0.2) is 5.78 Å². The van der Waals surface area contributed by atoms with E-state index in [-0.39, 0.29) is 23.3 Å². The number of carbonyl (C=O) groups is 2. The van der Waals surface area contributed by atoms with Crippen LogP contribution in [0.4, 0.5) is 0 Å². The maximum absolute atomic E-state index is 12.6. The van der Waals surface area contributed by atoms with Gasteiger partial charge in [0.1, 0.15) is 0 Å². The van der Waals surface area contributed by atoms with Gasteiger partial charge in [0.2, 0.25) is 0 Å². The maximum atomic E-state index is 12.6. The quantitative estimate of drug-likeness (QED) is 0.704. The summed E-state index contributed by atoms with van der Waals surface area (Å²) in [4.78, 5) is 27.1. The van der Waals surface area contributed by atoms with Crippen molar-refractivity contribution in [1.82, 2.24) is 4.98 Å². The van der Waals surface area contributed by atoms with Gasteiger partial charge in [-0.1, -0.05) is 29.8 Å². The molecule has 3 aromatic rings. The Hall–Kier alpha value is -2.59. The number of carboxylic acid groups (broad SMARTS) is 1. The molecule has 23 heavy (non-hydrogen) atoms. The van der Waals surface area contributed by atoms with Crippen molar-refractivity contribution in [2.45, 2.75) is 13.3 Å². The van der Waals surface area contributed by atoms with Crippen molar-refractivity contribution in [2.24, 2.45) is 0 Å². The highest BCUT2D eigenvalue weighted by Gasteiger charge is 2.19. The van der Waals surface area contributed by atoms with Gasteiger partial charge in [-0.3, -0.25) is 4.79 Å². The van der Waals surface area contributed by atoms with Crippen molar-refractivity contribution >= 4 is 34.3 Å². The number of halogens is 1. The molecule has 0 amide bonds. The Kier molecular flexibility index (Phi) is 3.92. The van der Waals surface area contributed by atoms with E-state index in [1.54, 1.807) is 24.3 Å². The number of benzene rings is 2. The molecular formula is C18H14ClNO3. The Bertz CT molecular complexity index is 927. The van der Waals surface area contributed by atoms with E-state index in [2.05, 4.69) is 4.98 Å². The van der Waals surface area contributed by atoms with Crippen LogP contribution in [0.3, 0.4) is 0 Å². The van der Waals surface area contributed by atoms with Crippen molar-refractivity contribution in [1.29, 1.82) is 0 Å². The van der Waals surface area contributed by atoms with Crippen LogP contribution in [0.15, 0.2) is 42.5 Å². The lowest BCUT2D eigenvalue weighted by Crippen LogP contribution is -2.11. The largest absolute Gasteiger partial charge is 0.478 e. The summed E-state index contributed by atoms with van der Waals surface area (Å²) < 4.78 is 0. The molecule has 4 nitrogen and oxygen atoms in total. The van der Waals surface area contributed by atoms with Crippen molar-refractivity contribution < 1.29 is 14.7 Å². The molecule has 0 aliphatic carbocycles. The molecule has 3 rings (SSSR count). The number of rotatable bonds is 4. The van der Waals surface area contributed by atoms with Gasteiger partial charge in [-0.2, -0.15) is 0 Å². The van der Waals surface area contributed by atoms with Crippen LogP contribution in [-0.2, 0) is 6.42 Å². The summed E-state index contributed by atoms with van der Waals surface area (Å²) in [5, 5.41) is 10.7. The van der Waals surface area contributed by atoms with Crippen LogP contribution in [0.1, 0.15) is 32.0 Å². The van der Waals surface area contributed by atoms with E-state index < -0.39 is 5.97 Å². The van der Waals surface area contributed by atoms with E-state index in [9.17, 15) is 14.7 Å². The second kappa shape index (κ2) is 5.89. The summed E-state index contributed by atoms with van der Waals surface area (Å²) >= 11 is 6.04. The van der Waals surface area contributed by atoms with Crippen molar-refractivity contribution in [3.63, 3.8) is 0 Å². The number of carbonyl (C=O) groups excluding carboxylic acids is 1. The molecule has 5 heteroatoms. The second-order valence-electron chi connectivity index (χ2n) is 5.37. The third kappa shape index (κ3) is 2.85. The Morgan fingerprint density at radius 2 is 1.83 bits per heavy atom. The molecule has 0 atom stereocenters. The number of Topliss-reactive ketones (excluding diaryl/α,β-unsaturated/α-hetero) is 1. The number of fused-ring (bicyclic) bond motifs is 1. The minimum atomic E-state index is -1.10. The monoisotopic (exact) mass is 327 g/mol. The zero-order valence-electron chi connectivity index (χ0n) is 12.4. The normalized spacial score (nSPS) is 10.9. The molecule has 0 aliphatic rings. The standard InChI is InChI=1S/C18H14ClNO3/c1-10-14(15-8-11(19)6-7-16(15)20-10)9-17(21)12-4-2-3-5-13(12)18(22)23/h2-8,20H,9H2,1H3,(H,22,23). The minimum Gasteiger partial charge on any atom is -0.478 e. The van der Waals surface area contributed by atoms with Crippen LogP contribution in [-0.4, -0.2) is 21.8 Å². The van der Waals surface area contributed by atoms with Crippen molar-refractivity contribution in [3.05, 3.63) is 69.9 Å². The molecule has 0 spiro atoms. The second-order valence-corrected chi connectivity index (χ2v) is 5.81. The van der Waals surface area contributed by atoms with E-state index in [1.807, 2.05) is 19.1 Å². The van der Waals surface area contributed by atoms with E-state index in [4.69, 9.17) is 11.6 Å². The van der Waals surface area contributed by atoms with Crippen LogP contribution in [0.2, 0.25) is 5.02 Å². The highest BCUT2D eigenvalue weighted by Crippen LogP contribution is 2.27. The summed E-state index contributed by atoms with van der Waals surface area (Å²) in [6.07, 6.45) is 0.121. The van der Waals surface area contributed by atoms with Crippen LogP contribution >= 0.6 is 11.6 Å². The first kappa shape index (κ1) is 15.3. The van der Waals surface area contributed by atoms with Gasteiger partial charge in [-0.25, -0.2) is 4.79 Å². The summed E-state index contributed by atoms with van der Waals surface area (Å²) in [6, 6.07) is 11.7. The first-order valence-electron chi connectivity index (χ1n) is 7.09. The molecule has 0 unspecified atom stereocenters. The summed E-state index contributed by atoms with van der Waals surface area (Å²) in [5.74, 6) is -1.33. The molecule has 0 fully saturated rings. The first-order valence-corrected chi connectivity index (χ1v) is 7.47. The van der Waals surface area contributed by atoms with Gasteiger partial charge in [-0.05, 0) is 36.8 Å². The average Bonchev–Trinajstić information content (AvgIpc) is 2.83. The van der Waals surface area contributed by atoms with E-state index >= 15 is 0 Å². The van der Waals surface area contributed by atoms with Crippen molar-refractivity contribution in [2.75, 3.05) is 0 Å². The third-order valence-corrected chi connectivity index (χ3v) is 4.11. The highest BCUT2D eigenvalue weighted by atomic mass is 35.5. The number of aromatic nitrogens is 1. The lowest BCUT2D eigenvalue weighted by Gasteiger charge is -2.06. The van der Waals surface area contributed by atoms with Crippen LogP contribution in [0.25, 0.3) is 10.9 Å². The molecule has 0 saturated heterocycles. The number of H-pyrrole nitrogens is 1. The number of hydrogen-bond donors (Lipinski definition) is 2. The predicted octanol–water partition coefficient (Wildman–Crippen LogP) is 4.25. The Morgan fingerprint density at radius 3 is 2.52 bits per heavy atom. The fourth-order valence-corrected chi connectivity index (χ4v) is 2.92. The average molecular weight is 328 g/mol. The van der Waals surface area contributed by atoms with Crippen molar-refractivity contribution in [3.8, 4) is 0 Å². The first-order chi connectivity index (χ1) is 11.0. The predicted molar refractivity (Wildman–Crippen MR) is 89.5 cm³/mol. The van der Waals surface area contributed by atoms with Gasteiger partial charge in [-0.15, -0.1) is 0 Å². The van der Waals surface area contributed by atoms with Gasteiger partial charge >= 0.3 is 5.97 Å². The van der Waals surface area contributed by atoms with E-state index in [0.717, 1.165) is 22.2 Å². The van der Waals surface area contributed by atoms with Crippen LogP contribution in [0.5, 0.6) is 0 Å². The number of aromatic carboxylic acids is 1. The number of hydrogen-bond acceptors (Lipinski definition) is 2. The summed E-state index contributed by atoms with van der Waals surface area (Å²) in [5.41, 5.74) is 2.86. The summed E-state index contributed by atoms with van der Waals surface area (Å²) in [6.45, 7) is 1.89. The summed E-state index contributed by atoms with van der Waals surface area (Å²) in [7, 11) is 0. The Labute approximate surface area is 137 Å². The van der Waals surface area contributed by atoms with Gasteiger partial charge < -0.3 is 10.1 Å². The number of carboxylic acids is 1. The highest BCUT2D eigenvalue weighted by molar-refractivity contribution is 6.31. The lowest BCUT2D eigenvalue weighted by atomic mass is 9.97. The molecule has 0 saturated carbocycles. The lowest BCUT2D eigenvalue weighted by molar-refractivity contribution is 0.0692. The SMILES string of the molecule is Cc1[nH]c2ccc(Cl)cc2c1CC(=O)c1ccccc1C(=O)O. The smallest absolute Gasteiger partial charge is 0.336 e. The van der Waals surface area contributed by atoms with E-state index in [1.165, 1.54) is 6.07 Å². The zero-order valence-corrected chi connectivity index (χ0v) is 13.1. The molecule has 116 valence electrons. The Balaban J connectivity index is 2.03. The Morgan fingerprint density at radius 1 is 1.13 bits per heavy atom. The number of ketones is 1. The molecule has 0 bridgehead atoms. The fourth-order valence-electron chi connectivity index (χ4n) is 2.75. The third-order valence-electron chi connectivity index (χ3n) is 3.88. The topological polar surface area (TPSA) is 70.2 Å². The molecular weight excluding hydrogens is 314 g/mol. The van der Waals surface area contributed by atoms with Crippen LogP contribution < -0.4 is 0 Å². The molecule has 2 N–H and O–H groups in total. The van der Waals surface area contributed by atoms with Gasteiger partial charge in [0.25, 0.3) is 0 Å². The van der Waals surface area contributed by atoms with Crippen LogP contribution in [0, 0.1) is 6.92 Å². The number of aromatic amines is 1. The molecule has 0 radical (unpaired) electrons. The fraction of sp³-hybridized carbons (Fsp3) is 0.111. The van der Waals surface area contributed by atoms with E-state index in [0.29, 0.717) is 5.02 Å². The molecule has 1 heterocycles. The molecule has 0 aliphatic heterocycles.